The summed E-state index contributed by atoms with van der Waals surface area (Å²) in [4.78, 5) is 41.4. The number of anilines is 2. The fourth-order valence-corrected chi connectivity index (χ4v) is 5.48. The molecule has 3 heterocycles. The van der Waals surface area contributed by atoms with Gasteiger partial charge in [0.25, 0.3) is 17.4 Å². The predicted molar refractivity (Wildman–Crippen MR) is 162 cm³/mol. The molecule has 0 fully saturated rings. The summed E-state index contributed by atoms with van der Waals surface area (Å²) in [6.45, 7) is 0.572. The Hall–Kier alpha value is -4.41. The monoisotopic (exact) mass is 630 g/mol. The molecule has 9 nitrogen and oxygen atoms in total. The van der Waals surface area contributed by atoms with Crippen LogP contribution in [0.4, 0.5) is 11.4 Å². The van der Waals surface area contributed by atoms with Gasteiger partial charge < -0.3 is 15.5 Å². The third kappa shape index (κ3) is 4.89. The van der Waals surface area contributed by atoms with E-state index < -0.39 is 0 Å². The Balaban J connectivity index is 1.48. The topological polar surface area (TPSA) is 101 Å². The fraction of sp³-hybridized carbons (Fsp3) is 0.133. The standard InChI is InChI=1S/C30H24BrClN6O3/c1-33-27(39)18-7-10-21(11-8-18)37-28-25(35-20-5-3-2-4-6-20)16-34-38(28)26-17-36(14-13-22(26)30(37)41)29(40)19-9-12-23(31)24(32)15-19/h2-12,15-16,35H,13-14,17H2,1H3,(H,33,39). The van der Waals surface area contributed by atoms with Crippen LogP contribution in [-0.2, 0) is 13.0 Å². The van der Waals surface area contributed by atoms with E-state index in [-0.39, 0.29) is 23.9 Å². The molecule has 0 unspecified atom stereocenters. The highest BCUT2D eigenvalue weighted by Crippen LogP contribution is 2.29. The van der Waals surface area contributed by atoms with Gasteiger partial charge in [-0.15, -0.1) is 0 Å². The number of benzene rings is 3. The van der Waals surface area contributed by atoms with Crippen LogP contribution >= 0.6 is 27.5 Å². The van der Waals surface area contributed by atoms with Crippen LogP contribution in [0.25, 0.3) is 11.3 Å². The molecule has 0 atom stereocenters. The summed E-state index contributed by atoms with van der Waals surface area (Å²) in [6, 6.07) is 21.5. The van der Waals surface area contributed by atoms with Crippen LogP contribution in [0, 0.1) is 0 Å². The van der Waals surface area contributed by atoms with E-state index in [9.17, 15) is 14.4 Å². The number of aromatic nitrogens is 3. The summed E-state index contributed by atoms with van der Waals surface area (Å²) in [7, 11) is 1.57. The van der Waals surface area contributed by atoms with Crippen LogP contribution in [0.15, 0.2) is 88.3 Å². The second kappa shape index (κ2) is 10.9. The first-order valence-corrected chi connectivity index (χ1v) is 14.1. The van der Waals surface area contributed by atoms with Crippen molar-refractivity contribution in [3.63, 3.8) is 0 Å². The Bertz CT molecular complexity index is 1870. The molecule has 2 aromatic heterocycles. The van der Waals surface area contributed by atoms with Gasteiger partial charge in [0.15, 0.2) is 5.65 Å². The maximum absolute atomic E-state index is 14.1. The van der Waals surface area contributed by atoms with Crippen LogP contribution in [-0.4, -0.2) is 44.5 Å². The molecule has 206 valence electrons. The number of amides is 2. The van der Waals surface area contributed by atoms with Gasteiger partial charge in [-0.3, -0.25) is 19.0 Å². The summed E-state index contributed by atoms with van der Waals surface area (Å²) in [6.07, 6.45) is 2.03. The molecule has 2 amide bonds. The highest BCUT2D eigenvalue weighted by Gasteiger charge is 2.29. The van der Waals surface area contributed by atoms with Gasteiger partial charge in [0.05, 0.1) is 29.1 Å². The molecule has 0 radical (unpaired) electrons. The van der Waals surface area contributed by atoms with Crippen molar-refractivity contribution in [1.29, 1.82) is 0 Å². The number of carbonyl (C=O) groups is 2. The van der Waals surface area contributed by atoms with Gasteiger partial charge in [0.2, 0.25) is 0 Å². The average molecular weight is 632 g/mol. The van der Waals surface area contributed by atoms with Gasteiger partial charge in [0.1, 0.15) is 5.69 Å². The van der Waals surface area contributed by atoms with Crippen molar-refractivity contribution in [2.45, 2.75) is 13.0 Å². The minimum Gasteiger partial charge on any atom is -0.355 e. The lowest BCUT2D eigenvalue weighted by Gasteiger charge is -2.29. The second-order valence-corrected chi connectivity index (χ2v) is 10.8. The Morgan fingerprint density at radius 3 is 2.44 bits per heavy atom. The number of hydrogen-bond acceptors (Lipinski definition) is 5. The fourth-order valence-electron chi connectivity index (χ4n) is 5.05. The lowest BCUT2D eigenvalue weighted by Crippen LogP contribution is -2.41. The van der Waals surface area contributed by atoms with E-state index in [4.69, 9.17) is 11.6 Å². The van der Waals surface area contributed by atoms with Crippen LogP contribution in [0.1, 0.15) is 32.0 Å². The van der Waals surface area contributed by atoms with Crippen LogP contribution < -0.4 is 16.2 Å². The molecule has 41 heavy (non-hydrogen) atoms. The molecule has 1 aliphatic rings. The first-order chi connectivity index (χ1) is 19.9. The summed E-state index contributed by atoms with van der Waals surface area (Å²) >= 11 is 9.62. The first kappa shape index (κ1) is 26.8. The van der Waals surface area contributed by atoms with Crippen molar-refractivity contribution in [3.05, 3.63) is 121 Å². The van der Waals surface area contributed by atoms with Crippen LogP contribution in [0.2, 0.25) is 5.02 Å². The molecule has 0 aliphatic carbocycles. The number of hydrogen-bond donors (Lipinski definition) is 2. The number of carbonyl (C=O) groups excluding carboxylic acids is 2. The summed E-state index contributed by atoms with van der Waals surface area (Å²) < 4.78 is 4.04. The molecule has 11 heteroatoms. The zero-order valence-electron chi connectivity index (χ0n) is 21.9. The minimum absolute atomic E-state index is 0.179. The van der Waals surface area contributed by atoms with E-state index in [0.29, 0.717) is 61.9 Å². The molecule has 0 saturated carbocycles. The van der Waals surface area contributed by atoms with E-state index in [0.717, 1.165) is 5.69 Å². The Labute approximate surface area is 248 Å². The summed E-state index contributed by atoms with van der Waals surface area (Å²) in [5.74, 6) is -0.394. The van der Waals surface area contributed by atoms with Gasteiger partial charge in [-0.1, -0.05) is 29.8 Å². The number of fused-ring (bicyclic) bond motifs is 3. The van der Waals surface area contributed by atoms with Gasteiger partial charge >= 0.3 is 0 Å². The number of para-hydroxylation sites is 1. The normalized spacial score (nSPS) is 12.7. The van der Waals surface area contributed by atoms with Crippen molar-refractivity contribution in [2.75, 3.05) is 18.9 Å². The number of nitrogens with one attached hydrogen (secondary N) is 2. The highest BCUT2D eigenvalue weighted by atomic mass is 79.9. The van der Waals surface area contributed by atoms with Crippen molar-refractivity contribution in [1.82, 2.24) is 24.4 Å². The Morgan fingerprint density at radius 2 is 1.73 bits per heavy atom. The van der Waals surface area contributed by atoms with Gasteiger partial charge in [-0.25, -0.2) is 4.52 Å². The molecule has 0 bridgehead atoms. The SMILES string of the molecule is CNC(=O)c1ccc(-n2c(=O)c3c(n4ncc(Nc5ccccc5)c24)CN(C(=O)c2ccc(Br)c(Cl)c2)CC3)cc1. The van der Waals surface area contributed by atoms with E-state index in [1.807, 2.05) is 30.3 Å². The highest BCUT2D eigenvalue weighted by molar-refractivity contribution is 9.10. The Kier molecular flexibility index (Phi) is 7.10. The molecule has 5 aromatic rings. The molecule has 1 aliphatic heterocycles. The largest absolute Gasteiger partial charge is 0.355 e. The van der Waals surface area contributed by atoms with Gasteiger partial charge in [0, 0.05) is 40.4 Å². The quantitative estimate of drug-likeness (QED) is 0.278. The Morgan fingerprint density at radius 1 is 1.00 bits per heavy atom. The van der Waals surface area contributed by atoms with E-state index >= 15 is 0 Å². The number of nitrogens with zero attached hydrogens (tertiary/aromatic N) is 4. The second-order valence-electron chi connectivity index (χ2n) is 9.58. The van der Waals surface area contributed by atoms with E-state index in [1.54, 1.807) is 69.7 Å². The van der Waals surface area contributed by atoms with E-state index in [1.165, 1.54) is 0 Å². The molecule has 0 spiro atoms. The third-order valence-corrected chi connectivity index (χ3v) is 8.35. The molecule has 3 aromatic carbocycles. The zero-order valence-corrected chi connectivity index (χ0v) is 24.2. The lowest BCUT2D eigenvalue weighted by atomic mass is 10.0. The van der Waals surface area contributed by atoms with Gasteiger partial charge in [-0.2, -0.15) is 5.10 Å². The van der Waals surface area contributed by atoms with Gasteiger partial charge in [-0.05, 0) is 76.9 Å². The third-order valence-electron chi connectivity index (χ3n) is 7.11. The number of rotatable bonds is 5. The molecule has 0 saturated heterocycles. The van der Waals surface area contributed by atoms with Crippen LogP contribution in [0.5, 0.6) is 0 Å². The maximum atomic E-state index is 14.1. The maximum Gasteiger partial charge on any atom is 0.261 e. The molecule has 6 rings (SSSR count). The smallest absolute Gasteiger partial charge is 0.261 e. The van der Waals surface area contributed by atoms with Crippen molar-refractivity contribution in [3.8, 4) is 5.69 Å². The summed E-state index contributed by atoms with van der Waals surface area (Å²) in [5.41, 5.74) is 4.54. The molecular formula is C30H24BrClN6O3. The zero-order chi connectivity index (χ0) is 28.7. The number of halogens is 2. The van der Waals surface area contributed by atoms with Crippen molar-refractivity contribution >= 4 is 56.4 Å². The van der Waals surface area contributed by atoms with Crippen molar-refractivity contribution < 1.29 is 9.59 Å². The molecular weight excluding hydrogens is 608 g/mol. The molecule has 2 N–H and O–H groups in total. The predicted octanol–water partition coefficient (Wildman–Crippen LogP) is 5.20. The summed E-state index contributed by atoms with van der Waals surface area (Å²) in [5, 5.41) is 11.1. The lowest BCUT2D eigenvalue weighted by molar-refractivity contribution is 0.0729. The van der Waals surface area contributed by atoms with Crippen molar-refractivity contribution in [2.24, 2.45) is 0 Å². The average Bonchev–Trinajstić information content (AvgIpc) is 3.41. The minimum atomic E-state index is -0.216. The van der Waals surface area contributed by atoms with Crippen LogP contribution in [0.3, 0.4) is 0 Å². The van der Waals surface area contributed by atoms with E-state index in [2.05, 4.69) is 31.7 Å². The first-order valence-electron chi connectivity index (χ1n) is 12.9.